The van der Waals surface area contributed by atoms with E-state index in [9.17, 15) is 0 Å². The van der Waals surface area contributed by atoms with Crippen LogP contribution in [0.4, 0.5) is 0 Å². The van der Waals surface area contributed by atoms with Gasteiger partial charge in [-0.25, -0.2) is 0 Å². The molecular weight excluding hydrogens is 236 g/mol. The van der Waals surface area contributed by atoms with Crippen molar-refractivity contribution in [3.63, 3.8) is 0 Å². The SMILES string of the molecule is C=CCOC(Br)CBr. The Morgan fingerprint density at radius 1 is 1.75 bits per heavy atom. The molecular formula is C5H8Br2O. The summed E-state index contributed by atoms with van der Waals surface area (Å²) in [5.41, 5.74) is 0. The highest BCUT2D eigenvalue weighted by atomic mass is 79.9. The quantitative estimate of drug-likeness (QED) is 0.544. The summed E-state index contributed by atoms with van der Waals surface area (Å²) in [6.45, 7) is 4.10. The second-order valence-electron chi connectivity index (χ2n) is 1.19. The van der Waals surface area contributed by atoms with Gasteiger partial charge in [0.15, 0.2) is 0 Å². The highest BCUT2D eigenvalue weighted by Crippen LogP contribution is 2.04. The molecule has 0 heterocycles. The van der Waals surface area contributed by atoms with E-state index >= 15 is 0 Å². The number of hydrogen-bond acceptors (Lipinski definition) is 1. The minimum atomic E-state index is 0.112. The van der Waals surface area contributed by atoms with Gasteiger partial charge in [0.1, 0.15) is 5.01 Å². The van der Waals surface area contributed by atoms with E-state index in [1.165, 1.54) is 0 Å². The van der Waals surface area contributed by atoms with Gasteiger partial charge in [0.05, 0.1) is 6.61 Å². The number of hydrogen-bond donors (Lipinski definition) is 0. The first-order chi connectivity index (χ1) is 3.81. The van der Waals surface area contributed by atoms with Crippen molar-refractivity contribution in [2.45, 2.75) is 5.01 Å². The molecule has 0 amide bonds. The summed E-state index contributed by atoms with van der Waals surface area (Å²) < 4.78 is 5.09. The van der Waals surface area contributed by atoms with Crippen molar-refractivity contribution < 1.29 is 4.74 Å². The van der Waals surface area contributed by atoms with Crippen LogP contribution >= 0.6 is 31.9 Å². The van der Waals surface area contributed by atoms with Crippen molar-refractivity contribution in [1.29, 1.82) is 0 Å². The number of alkyl halides is 2. The average molecular weight is 244 g/mol. The fourth-order valence-electron chi connectivity index (χ4n) is 0.217. The predicted molar refractivity (Wildman–Crippen MR) is 42.7 cm³/mol. The van der Waals surface area contributed by atoms with Crippen LogP contribution in [0.3, 0.4) is 0 Å². The van der Waals surface area contributed by atoms with Crippen molar-refractivity contribution in [3.8, 4) is 0 Å². The van der Waals surface area contributed by atoms with E-state index in [0.717, 1.165) is 5.33 Å². The lowest BCUT2D eigenvalue weighted by Crippen LogP contribution is -2.04. The zero-order valence-electron chi connectivity index (χ0n) is 4.44. The molecule has 0 aliphatic rings. The highest BCUT2D eigenvalue weighted by Gasteiger charge is 1.96. The Balaban J connectivity index is 2.97. The Labute approximate surface area is 66.4 Å². The molecule has 0 bridgehead atoms. The Morgan fingerprint density at radius 3 is 2.75 bits per heavy atom. The molecule has 0 radical (unpaired) electrons. The Kier molecular flexibility index (Phi) is 6.27. The minimum Gasteiger partial charge on any atom is -0.362 e. The van der Waals surface area contributed by atoms with Crippen LogP contribution in [0.25, 0.3) is 0 Å². The number of rotatable bonds is 4. The first-order valence-electron chi connectivity index (χ1n) is 2.23. The van der Waals surface area contributed by atoms with Gasteiger partial charge in [0, 0.05) is 5.33 Å². The summed E-state index contributed by atoms with van der Waals surface area (Å²) in [5, 5.41) is 0.918. The molecule has 0 fully saturated rings. The molecule has 0 saturated carbocycles. The van der Waals surface area contributed by atoms with Gasteiger partial charge in [-0.3, -0.25) is 0 Å². The summed E-state index contributed by atoms with van der Waals surface area (Å²) >= 11 is 6.50. The maximum Gasteiger partial charge on any atom is 0.122 e. The van der Waals surface area contributed by atoms with E-state index in [-0.39, 0.29) is 5.01 Å². The lowest BCUT2D eigenvalue weighted by atomic mass is 10.7. The fourth-order valence-corrected chi connectivity index (χ4v) is 0.557. The molecule has 3 heteroatoms. The number of ether oxygens (including phenoxy) is 1. The van der Waals surface area contributed by atoms with Gasteiger partial charge in [-0.15, -0.1) is 6.58 Å². The molecule has 0 rings (SSSR count). The van der Waals surface area contributed by atoms with Gasteiger partial charge in [-0.1, -0.05) is 37.9 Å². The normalized spacial score (nSPS) is 13.2. The molecule has 48 valence electrons. The van der Waals surface area contributed by atoms with Gasteiger partial charge in [-0.05, 0) is 0 Å². The average Bonchev–Trinajstić information content (AvgIpc) is 1.83. The molecule has 0 aromatic heterocycles. The molecule has 1 atom stereocenters. The first kappa shape index (κ1) is 8.66. The van der Waals surface area contributed by atoms with Crippen LogP contribution in [0.2, 0.25) is 0 Å². The fraction of sp³-hybridized carbons (Fsp3) is 0.600. The minimum absolute atomic E-state index is 0.112. The smallest absolute Gasteiger partial charge is 0.122 e. The zero-order valence-corrected chi connectivity index (χ0v) is 7.61. The van der Waals surface area contributed by atoms with E-state index in [2.05, 4.69) is 38.4 Å². The maximum atomic E-state index is 5.09. The third kappa shape index (κ3) is 4.81. The van der Waals surface area contributed by atoms with Gasteiger partial charge in [0.2, 0.25) is 0 Å². The Morgan fingerprint density at radius 2 is 2.38 bits per heavy atom. The molecule has 1 unspecified atom stereocenters. The third-order valence-electron chi connectivity index (χ3n) is 0.516. The van der Waals surface area contributed by atoms with Crippen molar-refractivity contribution >= 4 is 31.9 Å². The summed E-state index contributed by atoms with van der Waals surface area (Å²) in [6.07, 6.45) is 1.72. The van der Waals surface area contributed by atoms with Crippen LogP contribution in [0.5, 0.6) is 0 Å². The van der Waals surface area contributed by atoms with Crippen molar-refractivity contribution in [2.24, 2.45) is 0 Å². The number of halogens is 2. The van der Waals surface area contributed by atoms with Gasteiger partial charge in [-0.2, -0.15) is 0 Å². The van der Waals surface area contributed by atoms with Gasteiger partial charge in [0.25, 0.3) is 0 Å². The van der Waals surface area contributed by atoms with Crippen LogP contribution in [0, 0.1) is 0 Å². The van der Waals surface area contributed by atoms with E-state index in [1.54, 1.807) is 6.08 Å². The summed E-state index contributed by atoms with van der Waals surface area (Å²) in [7, 11) is 0. The van der Waals surface area contributed by atoms with E-state index in [1.807, 2.05) is 0 Å². The zero-order chi connectivity index (χ0) is 6.41. The highest BCUT2D eigenvalue weighted by molar-refractivity contribution is 9.12. The monoisotopic (exact) mass is 242 g/mol. The molecule has 1 nitrogen and oxygen atoms in total. The standard InChI is InChI=1S/C5H8Br2O/c1-2-3-8-5(7)4-6/h2,5H,1,3-4H2. The van der Waals surface area contributed by atoms with E-state index < -0.39 is 0 Å². The topological polar surface area (TPSA) is 9.23 Å². The summed E-state index contributed by atoms with van der Waals surface area (Å²) in [4.78, 5) is 0. The van der Waals surface area contributed by atoms with Crippen molar-refractivity contribution in [1.82, 2.24) is 0 Å². The first-order valence-corrected chi connectivity index (χ1v) is 4.27. The van der Waals surface area contributed by atoms with Crippen LogP contribution < -0.4 is 0 Å². The van der Waals surface area contributed by atoms with Crippen LogP contribution in [0.15, 0.2) is 12.7 Å². The second kappa shape index (κ2) is 5.79. The molecule has 0 aromatic carbocycles. The lowest BCUT2D eigenvalue weighted by molar-refractivity contribution is 0.160. The van der Waals surface area contributed by atoms with Crippen molar-refractivity contribution in [2.75, 3.05) is 11.9 Å². The van der Waals surface area contributed by atoms with E-state index in [0.29, 0.717) is 6.61 Å². The molecule has 0 aliphatic carbocycles. The maximum absolute atomic E-state index is 5.09. The molecule has 0 spiro atoms. The van der Waals surface area contributed by atoms with E-state index in [4.69, 9.17) is 4.74 Å². The Hall–Kier alpha value is 0.660. The van der Waals surface area contributed by atoms with Crippen LogP contribution in [0.1, 0.15) is 0 Å². The predicted octanol–water partition coefficient (Wildman–Crippen LogP) is 2.30. The Bertz CT molecular complexity index is 65.4. The van der Waals surface area contributed by atoms with Crippen LogP contribution in [-0.2, 0) is 4.74 Å². The molecule has 0 aliphatic heterocycles. The second-order valence-corrected chi connectivity index (χ2v) is 2.86. The molecule has 0 aromatic rings. The van der Waals surface area contributed by atoms with Crippen molar-refractivity contribution in [3.05, 3.63) is 12.7 Å². The largest absolute Gasteiger partial charge is 0.362 e. The van der Waals surface area contributed by atoms with Crippen LogP contribution in [-0.4, -0.2) is 17.0 Å². The van der Waals surface area contributed by atoms with Gasteiger partial charge < -0.3 is 4.74 Å². The van der Waals surface area contributed by atoms with Gasteiger partial charge >= 0.3 is 0 Å². The summed E-state index contributed by atoms with van der Waals surface area (Å²) in [6, 6.07) is 0. The summed E-state index contributed by atoms with van der Waals surface area (Å²) in [5.74, 6) is 0. The molecule has 8 heavy (non-hydrogen) atoms. The molecule has 0 saturated heterocycles. The lowest BCUT2D eigenvalue weighted by Gasteiger charge is -2.03. The third-order valence-corrected chi connectivity index (χ3v) is 2.56. The molecule has 0 N–H and O–H groups in total.